The molecule has 2 unspecified atom stereocenters. The zero-order valence-corrected chi connectivity index (χ0v) is 11.4. The van der Waals surface area contributed by atoms with Gasteiger partial charge in [0, 0.05) is 25.1 Å². The van der Waals surface area contributed by atoms with E-state index in [2.05, 4.69) is 4.98 Å². The van der Waals surface area contributed by atoms with Crippen molar-refractivity contribution in [1.82, 2.24) is 4.98 Å². The molecule has 0 aliphatic carbocycles. The van der Waals surface area contributed by atoms with Crippen LogP contribution in [0.1, 0.15) is 19.8 Å². The van der Waals surface area contributed by atoms with Crippen LogP contribution in [0.15, 0.2) is 12.3 Å². The minimum atomic E-state index is -0.516. The van der Waals surface area contributed by atoms with E-state index in [1.165, 1.54) is 12.3 Å². The fourth-order valence-corrected chi connectivity index (χ4v) is 2.63. The molecule has 6 nitrogen and oxygen atoms in total. The van der Waals surface area contributed by atoms with Gasteiger partial charge in [-0.25, -0.2) is 4.98 Å². The van der Waals surface area contributed by atoms with E-state index in [1.54, 1.807) is 6.92 Å². The van der Waals surface area contributed by atoms with E-state index in [9.17, 15) is 15.2 Å². The third-order valence-corrected chi connectivity index (χ3v) is 3.74. The highest BCUT2D eigenvalue weighted by molar-refractivity contribution is 6.33. The molecule has 19 heavy (non-hydrogen) atoms. The lowest BCUT2D eigenvalue weighted by Gasteiger charge is -2.35. The average molecular weight is 286 g/mol. The number of aromatic nitrogens is 1. The van der Waals surface area contributed by atoms with E-state index < -0.39 is 4.92 Å². The summed E-state index contributed by atoms with van der Waals surface area (Å²) in [6, 6.07) is 1.32. The quantitative estimate of drug-likeness (QED) is 0.680. The predicted molar refractivity (Wildman–Crippen MR) is 72.5 cm³/mol. The summed E-state index contributed by atoms with van der Waals surface area (Å²) >= 11 is 6.06. The molecular weight excluding hydrogens is 270 g/mol. The van der Waals surface area contributed by atoms with Crippen molar-refractivity contribution < 1.29 is 10.0 Å². The predicted octanol–water partition coefficient (Wildman–Crippen LogP) is 2.24. The van der Waals surface area contributed by atoms with Gasteiger partial charge in [0.1, 0.15) is 12.0 Å². The first-order valence-electron chi connectivity index (χ1n) is 6.22. The number of hydrogen-bond donors (Lipinski definition) is 1. The summed E-state index contributed by atoms with van der Waals surface area (Å²) in [6.45, 7) is 3.25. The van der Waals surface area contributed by atoms with Gasteiger partial charge in [-0.05, 0) is 19.8 Å². The van der Waals surface area contributed by atoms with Crippen molar-refractivity contribution in [1.29, 1.82) is 0 Å². The SMILES string of the molecule is CC(O)C1CCCN(c2ncc([N+](=O)[O-])cc2Cl)C1. The molecule has 2 atom stereocenters. The van der Waals surface area contributed by atoms with Crippen LogP contribution in [-0.4, -0.2) is 34.2 Å². The van der Waals surface area contributed by atoms with Crippen LogP contribution < -0.4 is 4.90 Å². The summed E-state index contributed by atoms with van der Waals surface area (Å²) in [5.74, 6) is 0.736. The molecule has 0 aromatic carbocycles. The van der Waals surface area contributed by atoms with Crippen LogP contribution in [0.3, 0.4) is 0 Å². The minimum Gasteiger partial charge on any atom is -0.393 e. The van der Waals surface area contributed by atoms with Crippen molar-refractivity contribution in [2.24, 2.45) is 5.92 Å². The Hall–Kier alpha value is -1.40. The van der Waals surface area contributed by atoms with Gasteiger partial charge in [0.25, 0.3) is 5.69 Å². The zero-order chi connectivity index (χ0) is 14.0. The van der Waals surface area contributed by atoms with Gasteiger partial charge in [-0.2, -0.15) is 0 Å². The highest BCUT2D eigenvalue weighted by atomic mass is 35.5. The number of piperidine rings is 1. The number of nitrogens with zero attached hydrogens (tertiary/aromatic N) is 3. The van der Waals surface area contributed by atoms with Gasteiger partial charge in [0.05, 0.1) is 16.0 Å². The first-order valence-corrected chi connectivity index (χ1v) is 6.59. The van der Waals surface area contributed by atoms with Gasteiger partial charge >= 0.3 is 0 Å². The molecule has 0 amide bonds. The van der Waals surface area contributed by atoms with E-state index >= 15 is 0 Å². The lowest BCUT2D eigenvalue weighted by molar-refractivity contribution is -0.385. The van der Waals surface area contributed by atoms with E-state index in [0.717, 1.165) is 19.4 Å². The largest absolute Gasteiger partial charge is 0.393 e. The number of rotatable bonds is 3. The van der Waals surface area contributed by atoms with Crippen molar-refractivity contribution in [2.45, 2.75) is 25.9 Å². The lowest BCUT2D eigenvalue weighted by atomic mass is 9.93. The molecule has 0 radical (unpaired) electrons. The summed E-state index contributed by atoms with van der Waals surface area (Å²) in [5, 5.41) is 20.6. The maximum absolute atomic E-state index is 10.6. The molecule has 104 valence electrons. The molecule has 1 aromatic rings. The van der Waals surface area contributed by atoms with Gasteiger partial charge < -0.3 is 10.0 Å². The number of anilines is 1. The summed E-state index contributed by atoms with van der Waals surface area (Å²) in [5.41, 5.74) is -0.113. The minimum absolute atomic E-state index is 0.113. The lowest BCUT2D eigenvalue weighted by Crippen LogP contribution is -2.40. The summed E-state index contributed by atoms with van der Waals surface area (Å²) in [4.78, 5) is 16.2. The molecular formula is C12H16ClN3O3. The van der Waals surface area contributed by atoms with Crippen molar-refractivity contribution in [3.05, 3.63) is 27.4 Å². The Morgan fingerprint density at radius 3 is 3.00 bits per heavy atom. The van der Waals surface area contributed by atoms with Gasteiger partial charge in [-0.15, -0.1) is 0 Å². The molecule has 0 saturated carbocycles. The van der Waals surface area contributed by atoms with Gasteiger partial charge in [0.15, 0.2) is 0 Å². The first kappa shape index (κ1) is 14.0. The smallest absolute Gasteiger partial charge is 0.289 e. The monoisotopic (exact) mass is 285 g/mol. The van der Waals surface area contributed by atoms with Crippen molar-refractivity contribution in [3.8, 4) is 0 Å². The summed E-state index contributed by atoms with van der Waals surface area (Å²) in [6.07, 6.45) is 2.76. The van der Waals surface area contributed by atoms with Crippen molar-refractivity contribution in [2.75, 3.05) is 18.0 Å². The normalized spacial score (nSPS) is 21.2. The number of aliphatic hydroxyl groups excluding tert-OH is 1. The molecule has 1 aromatic heterocycles. The van der Waals surface area contributed by atoms with E-state index in [4.69, 9.17) is 11.6 Å². The van der Waals surface area contributed by atoms with Crippen LogP contribution in [-0.2, 0) is 0 Å². The third kappa shape index (κ3) is 3.13. The fourth-order valence-electron chi connectivity index (χ4n) is 2.35. The number of hydrogen-bond acceptors (Lipinski definition) is 5. The third-order valence-electron chi connectivity index (χ3n) is 3.46. The Kier molecular flexibility index (Phi) is 4.21. The van der Waals surface area contributed by atoms with Crippen LogP contribution in [0.5, 0.6) is 0 Å². The molecule has 2 rings (SSSR count). The van der Waals surface area contributed by atoms with Gasteiger partial charge in [0.2, 0.25) is 0 Å². The second-order valence-corrected chi connectivity index (χ2v) is 5.25. The van der Waals surface area contributed by atoms with E-state index in [-0.39, 0.29) is 22.7 Å². The Morgan fingerprint density at radius 1 is 1.68 bits per heavy atom. The standard InChI is InChI=1S/C12H16ClN3O3/c1-8(17)9-3-2-4-15(7-9)12-11(13)5-10(6-14-12)16(18)19/h5-6,8-9,17H,2-4,7H2,1H3. The van der Waals surface area contributed by atoms with Crippen LogP contribution >= 0.6 is 11.6 Å². The second-order valence-electron chi connectivity index (χ2n) is 4.84. The molecule has 7 heteroatoms. The summed E-state index contributed by atoms with van der Waals surface area (Å²) in [7, 11) is 0. The fraction of sp³-hybridized carbons (Fsp3) is 0.583. The average Bonchev–Trinajstić information content (AvgIpc) is 2.38. The van der Waals surface area contributed by atoms with Crippen LogP contribution in [0.25, 0.3) is 0 Å². The van der Waals surface area contributed by atoms with Crippen LogP contribution in [0.2, 0.25) is 5.02 Å². The highest BCUT2D eigenvalue weighted by Gasteiger charge is 2.26. The van der Waals surface area contributed by atoms with Crippen molar-refractivity contribution >= 4 is 23.1 Å². The Labute approximate surface area is 116 Å². The molecule has 1 fully saturated rings. The maximum atomic E-state index is 10.6. The zero-order valence-electron chi connectivity index (χ0n) is 10.6. The topological polar surface area (TPSA) is 79.5 Å². The van der Waals surface area contributed by atoms with E-state index in [1.807, 2.05) is 4.90 Å². The number of nitro groups is 1. The van der Waals surface area contributed by atoms with Crippen LogP contribution in [0, 0.1) is 16.0 Å². The number of aliphatic hydroxyl groups is 1. The number of pyridine rings is 1. The highest BCUT2D eigenvalue weighted by Crippen LogP contribution is 2.30. The Balaban J connectivity index is 2.19. The molecule has 0 bridgehead atoms. The maximum Gasteiger partial charge on any atom is 0.289 e. The molecule has 1 aliphatic rings. The van der Waals surface area contributed by atoms with E-state index in [0.29, 0.717) is 12.4 Å². The molecule has 1 saturated heterocycles. The summed E-state index contributed by atoms with van der Waals surface area (Å²) < 4.78 is 0. The van der Waals surface area contributed by atoms with Gasteiger partial charge in [-0.1, -0.05) is 11.6 Å². The number of halogens is 1. The first-order chi connectivity index (χ1) is 8.99. The molecule has 2 heterocycles. The van der Waals surface area contributed by atoms with Crippen molar-refractivity contribution in [3.63, 3.8) is 0 Å². The van der Waals surface area contributed by atoms with Crippen LogP contribution in [0.4, 0.5) is 11.5 Å². The molecule has 1 N–H and O–H groups in total. The molecule has 1 aliphatic heterocycles. The Morgan fingerprint density at radius 2 is 2.42 bits per heavy atom. The Bertz CT molecular complexity index is 481. The second kappa shape index (κ2) is 5.71. The van der Waals surface area contributed by atoms with Gasteiger partial charge in [-0.3, -0.25) is 10.1 Å². The molecule has 0 spiro atoms.